The number of amides is 1. The summed E-state index contributed by atoms with van der Waals surface area (Å²) in [6.07, 6.45) is -0.120. The van der Waals surface area contributed by atoms with Crippen molar-refractivity contribution in [3.05, 3.63) is 70.5 Å². The van der Waals surface area contributed by atoms with E-state index in [0.29, 0.717) is 11.6 Å². The third kappa shape index (κ3) is 4.55. The molecule has 1 amide bonds. The molecule has 0 bridgehead atoms. The second-order valence-corrected chi connectivity index (χ2v) is 5.26. The van der Waals surface area contributed by atoms with Crippen LogP contribution in [0.2, 0.25) is 5.02 Å². The van der Waals surface area contributed by atoms with Gasteiger partial charge in [-0.2, -0.15) is 0 Å². The lowest BCUT2D eigenvalue weighted by molar-refractivity contribution is -0.121. The molecule has 22 heavy (non-hydrogen) atoms. The number of hydrogen-bond acceptors (Lipinski definition) is 2. The van der Waals surface area contributed by atoms with E-state index in [0.717, 1.165) is 11.1 Å². The molecular weight excluding hydrogens is 305 g/mol. The number of nitrogens with one attached hydrogen (secondary N) is 1. The van der Waals surface area contributed by atoms with Crippen LogP contribution in [0.15, 0.2) is 48.5 Å². The molecular formula is C17H17ClFNO2. The summed E-state index contributed by atoms with van der Waals surface area (Å²) in [4.78, 5) is 11.9. The summed E-state index contributed by atoms with van der Waals surface area (Å²) in [6.45, 7) is 0.320. The SMILES string of the molecule is COC(CNC(=O)Cc1ccc(F)cc1)c1ccccc1Cl. The lowest BCUT2D eigenvalue weighted by atomic mass is 10.1. The highest BCUT2D eigenvalue weighted by molar-refractivity contribution is 6.31. The maximum absolute atomic E-state index is 12.8. The maximum Gasteiger partial charge on any atom is 0.224 e. The number of halogens is 2. The minimum Gasteiger partial charge on any atom is -0.375 e. The van der Waals surface area contributed by atoms with Gasteiger partial charge in [0.25, 0.3) is 0 Å². The largest absolute Gasteiger partial charge is 0.375 e. The number of hydrogen-bond donors (Lipinski definition) is 1. The van der Waals surface area contributed by atoms with Crippen LogP contribution in [0, 0.1) is 5.82 Å². The minimum absolute atomic E-state index is 0.152. The van der Waals surface area contributed by atoms with E-state index < -0.39 is 0 Å². The molecule has 0 aliphatic rings. The molecule has 5 heteroatoms. The van der Waals surface area contributed by atoms with Crippen LogP contribution >= 0.6 is 11.6 Å². The number of carbonyl (C=O) groups is 1. The van der Waals surface area contributed by atoms with Gasteiger partial charge >= 0.3 is 0 Å². The van der Waals surface area contributed by atoms with Crippen molar-refractivity contribution in [2.45, 2.75) is 12.5 Å². The van der Waals surface area contributed by atoms with Crippen LogP contribution in [0.4, 0.5) is 4.39 Å². The van der Waals surface area contributed by atoms with Crippen LogP contribution in [-0.2, 0) is 16.0 Å². The molecule has 0 aliphatic heterocycles. The molecule has 116 valence electrons. The summed E-state index contributed by atoms with van der Waals surface area (Å²) >= 11 is 6.13. The number of rotatable bonds is 6. The summed E-state index contributed by atoms with van der Waals surface area (Å²) in [5.41, 5.74) is 1.58. The van der Waals surface area contributed by atoms with Crippen molar-refractivity contribution in [3.8, 4) is 0 Å². The summed E-state index contributed by atoms with van der Waals surface area (Å²) < 4.78 is 18.2. The molecule has 0 saturated carbocycles. The Morgan fingerprint density at radius 2 is 1.91 bits per heavy atom. The van der Waals surface area contributed by atoms with Gasteiger partial charge in [-0.1, -0.05) is 41.9 Å². The Kier molecular flexibility index (Phi) is 5.92. The fraction of sp³-hybridized carbons (Fsp3) is 0.235. The molecule has 2 rings (SSSR count). The van der Waals surface area contributed by atoms with Crippen molar-refractivity contribution in [2.75, 3.05) is 13.7 Å². The van der Waals surface area contributed by atoms with Crippen LogP contribution in [0.5, 0.6) is 0 Å². The fourth-order valence-corrected chi connectivity index (χ4v) is 2.37. The molecule has 0 heterocycles. The van der Waals surface area contributed by atoms with E-state index in [2.05, 4.69) is 5.32 Å². The number of carbonyl (C=O) groups excluding carboxylic acids is 1. The topological polar surface area (TPSA) is 38.3 Å². The smallest absolute Gasteiger partial charge is 0.224 e. The van der Waals surface area contributed by atoms with E-state index in [4.69, 9.17) is 16.3 Å². The van der Waals surface area contributed by atoms with Gasteiger partial charge in [-0.3, -0.25) is 4.79 Å². The van der Waals surface area contributed by atoms with Crippen LogP contribution in [-0.4, -0.2) is 19.6 Å². The molecule has 0 aliphatic carbocycles. The molecule has 0 fully saturated rings. The molecule has 0 saturated heterocycles. The summed E-state index contributed by atoms with van der Waals surface area (Å²) in [5, 5.41) is 3.41. The molecule has 2 aromatic carbocycles. The summed E-state index contributed by atoms with van der Waals surface area (Å²) in [6, 6.07) is 13.2. The third-order valence-electron chi connectivity index (χ3n) is 3.30. The highest BCUT2D eigenvalue weighted by Gasteiger charge is 2.15. The van der Waals surface area contributed by atoms with E-state index in [1.54, 1.807) is 25.3 Å². The van der Waals surface area contributed by atoms with Crippen molar-refractivity contribution >= 4 is 17.5 Å². The van der Waals surface area contributed by atoms with Gasteiger partial charge in [-0.15, -0.1) is 0 Å². The van der Waals surface area contributed by atoms with Crippen molar-refractivity contribution in [2.24, 2.45) is 0 Å². The number of benzene rings is 2. The molecule has 0 aromatic heterocycles. The van der Waals surface area contributed by atoms with E-state index in [1.165, 1.54) is 12.1 Å². The quantitative estimate of drug-likeness (QED) is 0.884. The van der Waals surface area contributed by atoms with Gasteiger partial charge in [-0.25, -0.2) is 4.39 Å². The second-order valence-electron chi connectivity index (χ2n) is 4.85. The molecule has 1 unspecified atom stereocenters. The van der Waals surface area contributed by atoms with Crippen molar-refractivity contribution in [1.29, 1.82) is 0 Å². The zero-order valence-electron chi connectivity index (χ0n) is 12.2. The monoisotopic (exact) mass is 321 g/mol. The molecule has 1 N–H and O–H groups in total. The Labute approximate surface area is 134 Å². The lowest BCUT2D eigenvalue weighted by Gasteiger charge is -2.17. The van der Waals surface area contributed by atoms with Crippen molar-refractivity contribution in [1.82, 2.24) is 5.32 Å². The first-order valence-electron chi connectivity index (χ1n) is 6.88. The van der Waals surface area contributed by atoms with Crippen molar-refractivity contribution in [3.63, 3.8) is 0 Å². The van der Waals surface area contributed by atoms with Gasteiger partial charge in [0.1, 0.15) is 11.9 Å². The van der Waals surface area contributed by atoms with Crippen LogP contribution in [0.25, 0.3) is 0 Å². The molecule has 2 aromatic rings. The zero-order chi connectivity index (χ0) is 15.9. The van der Waals surface area contributed by atoms with Gasteiger partial charge in [0, 0.05) is 24.2 Å². The van der Waals surface area contributed by atoms with Gasteiger partial charge in [0.05, 0.1) is 6.42 Å². The Hall–Kier alpha value is -1.91. The lowest BCUT2D eigenvalue weighted by Crippen LogP contribution is -2.30. The molecule has 0 radical (unpaired) electrons. The number of methoxy groups -OCH3 is 1. The first-order valence-corrected chi connectivity index (χ1v) is 7.26. The first kappa shape index (κ1) is 16.5. The fourth-order valence-electron chi connectivity index (χ4n) is 2.11. The maximum atomic E-state index is 12.8. The Morgan fingerprint density at radius 3 is 2.55 bits per heavy atom. The normalized spacial score (nSPS) is 12.0. The van der Waals surface area contributed by atoms with Crippen molar-refractivity contribution < 1.29 is 13.9 Å². The van der Waals surface area contributed by atoms with Gasteiger partial charge in [0.15, 0.2) is 0 Å². The van der Waals surface area contributed by atoms with E-state index in [9.17, 15) is 9.18 Å². The number of ether oxygens (including phenoxy) is 1. The average Bonchev–Trinajstić information content (AvgIpc) is 2.52. The molecule has 3 nitrogen and oxygen atoms in total. The molecule has 0 spiro atoms. The Bertz CT molecular complexity index is 631. The first-order chi connectivity index (χ1) is 10.6. The van der Waals surface area contributed by atoms with Gasteiger partial charge < -0.3 is 10.1 Å². The Morgan fingerprint density at radius 1 is 1.23 bits per heavy atom. The third-order valence-corrected chi connectivity index (χ3v) is 3.64. The van der Waals surface area contributed by atoms with E-state index in [1.807, 2.05) is 18.2 Å². The predicted octanol–water partition coefficient (Wildman–Crippen LogP) is 3.53. The highest BCUT2D eigenvalue weighted by atomic mass is 35.5. The standard InChI is InChI=1S/C17H17ClFNO2/c1-22-16(14-4-2-3-5-15(14)18)11-20-17(21)10-12-6-8-13(19)9-7-12/h2-9,16H,10-11H2,1H3,(H,20,21). The van der Waals surface area contributed by atoms with Crippen LogP contribution in [0.3, 0.4) is 0 Å². The predicted molar refractivity (Wildman–Crippen MR) is 84.3 cm³/mol. The minimum atomic E-state index is -0.317. The van der Waals surface area contributed by atoms with E-state index in [-0.39, 0.29) is 24.2 Å². The van der Waals surface area contributed by atoms with Crippen LogP contribution < -0.4 is 5.32 Å². The van der Waals surface area contributed by atoms with Gasteiger partial charge in [-0.05, 0) is 23.8 Å². The summed E-state index contributed by atoms with van der Waals surface area (Å²) in [5.74, 6) is -0.469. The molecule has 1 atom stereocenters. The zero-order valence-corrected chi connectivity index (χ0v) is 12.9. The van der Waals surface area contributed by atoms with Gasteiger partial charge in [0.2, 0.25) is 5.91 Å². The summed E-state index contributed by atoms with van der Waals surface area (Å²) in [7, 11) is 1.57. The average molecular weight is 322 g/mol. The Balaban J connectivity index is 1.91. The van der Waals surface area contributed by atoms with E-state index >= 15 is 0 Å². The van der Waals surface area contributed by atoms with Crippen LogP contribution in [0.1, 0.15) is 17.2 Å². The highest BCUT2D eigenvalue weighted by Crippen LogP contribution is 2.24. The second kappa shape index (κ2) is 7.92.